The van der Waals surface area contributed by atoms with Crippen molar-refractivity contribution in [3.63, 3.8) is 0 Å². The van der Waals surface area contributed by atoms with E-state index in [1.807, 2.05) is 29.2 Å². The highest BCUT2D eigenvalue weighted by atomic mass is 79.9. The average Bonchev–Trinajstić information content (AvgIpc) is 2.62. The molecular formula is C21H21BrN2O2. The van der Waals surface area contributed by atoms with Crippen LogP contribution in [0.5, 0.6) is 0 Å². The first-order chi connectivity index (χ1) is 12.5. The zero-order valence-electron chi connectivity index (χ0n) is 14.7. The van der Waals surface area contributed by atoms with Crippen molar-refractivity contribution < 1.29 is 9.59 Å². The number of benzene rings is 2. The van der Waals surface area contributed by atoms with Crippen molar-refractivity contribution in [3.05, 3.63) is 76.3 Å². The Balaban J connectivity index is 1.77. The topological polar surface area (TPSA) is 49.4 Å². The van der Waals surface area contributed by atoms with Gasteiger partial charge in [-0.05, 0) is 54.3 Å². The molecule has 0 aromatic heterocycles. The Kier molecular flexibility index (Phi) is 5.57. The van der Waals surface area contributed by atoms with Crippen LogP contribution < -0.4 is 5.32 Å². The molecule has 2 aromatic rings. The van der Waals surface area contributed by atoms with Crippen LogP contribution in [-0.4, -0.2) is 22.8 Å². The van der Waals surface area contributed by atoms with E-state index in [1.165, 1.54) is 17.2 Å². The minimum atomic E-state index is -0.282. The molecule has 0 saturated carbocycles. The van der Waals surface area contributed by atoms with E-state index in [4.69, 9.17) is 0 Å². The van der Waals surface area contributed by atoms with Gasteiger partial charge in [-0.25, -0.2) is 0 Å². The molecule has 4 nitrogen and oxygen atoms in total. The summed E-state index contributed by atoms with van der Waals surface area (Å²) in [7, 11) is 0. The van der Waals surface area contributed by atoms with E-state index in [1.54, 1.807) is 6.07 Å². The molecule has 0 fully saturated rings. The zero-order valence-corrected chi connectivity index (χ0v) is 16.3. The van der Waals surface area contributed by atoms with Gasteiger partial charge in [0.25, 0.3) is 0 Å². The summed E-state index contributed by atoms with van der Waals surface area (Å²) >= 11 is 3.51. The van der Waals surface area contributed by atoms with E-state index in [0.717, 1.165) is 16.5 Å². The van der Waals surface area contributed by atoms with Crippen LogP contribution in [0.1, 0.15) is 23.6 Å². The Hall–Kier alpha value is -2.40. The van der Waals surface area contributed by atoms with Crippen LogP contribution in [-0.2, 0) is 29.0 Å². The first kappa shape index (κ1) is 18.4. The number of anilines is 1. The van der Waals surface area contributed by atoms with Crippen LogP contribution in [0.15, 0.2) is 59.6 Å². The molecule has 1 N–H and O–H groups in total. The molecule has 0 spiro atoms. The van der Waals surface area contributed by atoms with Crippen molar-refractivity contribution >= 4 is 33.4 Å². The van der Waals surface area contributed by atoms with E-state index in [2.05, 4.69) is 46.9 Å². The molecule has 1 unspecified atom stereocenters. The Morgan fingerprint density at radius 2 is 2.04 bits per heavy atom. The minimum absolute atomic E-state index is 0.0615. The van der Waals surface area contributed by atoms with Gasteiger partial charge in [0.2, 0.25) is 11.8 Å². The van der Waals surface area contributed by atoms with E-state index >= 15 is 0 Å². The largest absolute Gasteiger partial charge is 0.335 e. The van der Waals surface area contributed by atoms with Crippen molar-refractivity contribution in [2.45, 2.75) is 32.4 Å². The maximum Gasteiger partial charge on any atom is 0.247 e. The van der Waals surface area contributed by atoms with Gasteiger partial charge in [0, 0.05) is 22.7 Å². The molecule has 0 bridgehead atoms. The first-order valence-corrected chi connectivity index (χ1v) is 9.35. The molecule has 134 valence electrons. The Labute approximate surface area is 162 Å². The fourth-order valence-corrected chi connectivity index (χ4v) is 3.69. The zero-order chi connectivity index (χ0) is 18.7. The third kappa shape index (κ3) is 4.05. The number of carbonyl (C=O) groups excluding carboxylic acids is 2. The molecule has 0 aliphatic carbocycles. The van der Waals surface area contributed by atoms with Gasteiger partial charge in [0.1, 0.15) is 0 Å². The number of hydrogen-bond acceptors (Lipinski definition) is 2. The molecule has 2 amide bonds. The molecule has 5 heteroatoms. The van der Waals surface area contributed by atoms with Gasteiger partial charge in [-0.3, -0.25) is 9.59 Å². The molecule has 3 rings (SSSR count). The van der Waals surface area contributed by atoms with Crippen LogP contribution >= 0.6 is 15.9 Å². The van der Waals surface area contributed by atoms with Gasteiger partial charge < -0.3 is 10.2 Å². The monoisotopic (exact) mass is 412 g/mol. The second-order valence-corrected chi connectivity index (χ2v) is 7.43. The second-order valence-electron chi connectivity index (χ2n) is 6.52. The predicted octanol–water partition coefficient (Wildman–Crippen LogP) is 4.09. The van der Waals surface area contributed by atoms with Gasteiger partial charge in [0.05, 0.1) is 6.42 Å². The number of halogens is 1. The van der Waals surface area contributed by atoms with Crippen molar-refractivity contribution in [2.24, 2.45) is 0 Å². The number of amides is 2. The van der Waals surface area contributed by atoms with E-state index in [-0.39, 0.29) is 24.3 Å². The lowest BCUT2D eigenvalue weighted by atomic mass is 9.94. The van der Waals surface area contributed by atoms with Crippen molar-refractivity contribution in [2.75, 3.05) is 5.32 Å². The molecule has 2 aromatic carbocycles. The standard InChI is InChI=1S/C21H21BrN2O2/c1-3-20(25)23-19-7-5-4-6-15(19)12-21(26)24-13-16-8-9-18(22)11-17(16)10-14(24)2/h3-9,11,14H,1,10,12-13H2,2H3,(H,23,25). The van der Waals surface area contributed by atoms with Crippen LogP contribution in [0.3, 0.4) is 0 Å². The first-order valence-electron chi connectivity index (χ1n) is 8.56. The summed E-state index contributed by atoms with van der Waals surface area (Å²) in [5, 5.41) is 2.77. The Morgan fingerprint density at radius 3 is 2.81 bits per heavy atom. The average molecular weight is 413 g/mol. The lowest BCUT2D eigenvalue weighted by Crippen LogP contribution is -2.43. The number of fused-ring (bicyclic) bond motifs is 1. The SMILES string of the molecule is C=CC(=O)Nc1ccccc1CC(=O)N1Cc2ccc(Br)cc2CC1C. The molecule has 1 aliphatic rings. The molecule has 1 atom stereocenters. The number of carbonyl (C=O) groups is 2. The van der Waals surface area contributed by atoms with Crippen LogP contribution in [0, 0.1) is 0 Å². The molecule has 1 aliphatic heterocycles. The van der Waals surface area contributed by atoms with Gasteiger partial charge >= 0.3 is 0 Å². The maximum atomic E-state index is 12.9. The summed E-state index contributed by atoms with van der Waals surface area (Å²) in [6, 6.07) is 13.7. The normalized spacial score (nSPS) is 15.9. The van der Waals surface area contributed by atoms with Crippen LogP contribution in [0.4, 0.5) is 5.69 Å². The third-order valence-corrected chi connectivity index (χ3v) is 5.17. The fraction of sp³-hybridized carbons (Fsp3) is 0.238. The fourth-order valence-electron chi connectivity index (χ4n) is 3.29. The highest BCUT2D eigenvalue weighted by Crippen LogP contribution is 2.27. The number of hydrogen-bond donors (Lipinski definition) is 1. The van der Waals surface area contributed by atoms with E-state index < -0.39 is 0 Å². The summed E-state index contributed by atoms with van der Waals surface area (Å²) in [5.41, 5.74) is 3.93. The van der Waals surface area contributed by atoms with Crippen molar-refractivity contribution in [1.82, 2.24) is 4.90 Å². The molecule has 26 heavy (non-hydrogen) atoms. The molecule has 0 saturated heterocycles. The number of nitrogens with zero attached hydrogens (tertiary/aromatic N) is 1. The quantitative estimate of drug-likeness (QED) is 0.768. The highest BCUT2D eigenvalue weighted by Gasteiger charge is 2.27. The molecule has 1 heterocycles. The lowest BCUT2D eigenvalue weighted by Gasteiger charge is -2.35. The van der Waals surface area contributed by atoms with Gasteiger partial charge in [-0.1, -0.05) is 46.8 Å². The summed E-state index contributed by atoms with van der Waals surface area (Å²) < 4.78 is 1.06. The van der Waals surface area contributed by atoms with Gasteiger partial charge in [0.15, 0.2) is 0 Å². The molecule has 0 radical (unpaired) electrons. The summed E-state index contributed by atoms with van der Waals surface area (Å²) in [6.07, 6.45) is 2.32. The minimum Gasteiger partial charge on any atom is -0.335 e. The number of para-hydroxylation sites is 1. The van der Waals surface area contributed by atoms with Gasteiger partial charge in [-0.2, -0.15) is 0 Å². The second kappa shape index (κ2) is 7.87. The predicted molar refractivity (Wildman–Crippen MR) is 107 cm³/mol. The van der Waals surface area contributed by atoms with Crippen LogP contribution in [0.2, 0.25) is 0 Å². The summed E-state index contributed by atoms with van der Waals surface area (Å²) in [6.45, 7) is 6.16. The van der Waals surface area contributed by atoms with E-state index in [0.29, 0.717) is 12.2 Å². The van der Waals surface area contributed by atoms with Crippen LogP contribution in [0.25, 0.3) is 0 Å². The third-order valence-electron chi connectivity index (χ3n) is 4.68. The number of nitrogens with one attached hydrogen (secondary N) is 1. The summed E-state index contributed by atoms with van der Waals surface area (Å²) in [5.74, 6) is -0.220. The molecular weight excluding hydrogens is 392 g/mol. The summed E-state index contributed by atoms with van der Waals surface area (Å²) in [4.78, 5) is 26.5. The lowest BCUT2D eigenvalue weighted by molar-refractivity contribution is -0.133. The Morgan fingerprint density at radius 1 is 1.27 bits per heavy atom. The number of rotatable bonds is 4. The van der Waals surface area contributed by atoms with E-state index in [9.17, 15) is 9.59 Å². The highest BCUT2D eigenvalue weighted by molar-refractivity contribution is 9.10. The van der Waals surface area contributed by atoms with Crippen molar-refractivity contribution in [3.8, 4) is 0 Å². The van der Waals surface area contributed by atoms with Crippen molar-refractivity contribution in [1.29, 1.82) is 0 Å². The van der Waals surface area contributed by atoms with Gasteiger partial charge in [-0.15, -0.1) is 0 Å². The maximum absolute atomic E-state index is 12.9. The smallest absolute Gasteiger partial charge is 0.247 e. The Bertz CT molecular complexity index is 863.